The van der Waals surface area contributed by atoms with Gasteiger partial charge >= 0.3 is 0 Å². The van der Waals surface area contributed by atoms with Crippen LogP contribution >= 0.6 is 15.9 Å². The highest BCUT2D eigenvalue weighted by molar-refractivity contribution is 9.10. The van der Waals surface area contributed by atoms with Crippen LogP contribution in [0.25, 0.3) is 0 Å². The van der Waals surface area contributed by atoms with Crippen molar-refractivity contribution in [1.82, 2.24) is 4.98 Å². The number of aromatic nitrogens is 1. The fourth-order valence-electron chi connectivity index (χ4n) is 2.63. The molecule has 0 spiro atoms. The first-order valence-electron chi connectivity index (χ1n) is 6.70. The van der Waals surface area contributed by atoms with Crippen molar-refractivity contribution in [3.8, 4) is 0 Å². The maximum absolute atomic E-state index is 4.56. The lowest BCUT2D eigenvalue weighted by Crippen LogP contribution is -2.18. The molecule has 98 valence electrons. The summed E-state index contributed by atoms with van der Waals surface area (Å²) in [6.07, 6.45) is 5.42. The minimum Gasteiger partial charge on any atom is -0.377 e. The maximum Gasteiger partial charge on any atom is 0.0688 e. The lowest BCUT2D eigenvalue weighted by Gasteiger charge is -2.26. The van der Waals surface area contributed by atoms with Crippen molar-refractivity contribution in [2.24, 2.45) is 0 Å². The van der Waals surface area contributed by atoms with E-state index in [1.54, 1.807) is 0 Å². The van der Waals surface area contributed by atoms with Gasteiger partial charge in [0.15, 0.2) is 0 Å². The molecule has 2 nitrogen and oxygen atoms in total. The molecule has 1 aromatic heterocycles. The number of benzene rings is 1. The van der Waals surface area contributed by atoms with E-state index in [1.807, 2.05) is 12.3 Å². The monoisotopic (exact) mass is 316 g/mol. The van der Waals surface area contributed by atoms with Gasteiger partial charge in [-0.2, -0.15) is 0 Å². The van der Waals surface area contributed by atoms with Gasteiger partial charge in [0.2, 0.25) is 0 Å². The van der Waals surface area contributed by atoms with E-state index in [-0.39, 0.29) is 0 Å². The number of hydrogen-bond acceptors (Lipinski definition) is 2. The molecule has 1 atom stereocenters. The van der Waals surface area contributed by atoms with Gasteiger partial charge in [0.05, 0.1) is 11.7 Å². The second kappa shape index (κ2) is 5.33. The quantitative estimate of drug-likeness (QED) is 0.872. The van der Waals surface area contributed by atoms with Crippen molar-refractivity contribution in [2.75, 3.05) is 5.32 Å². The third kappa shape index (κ3) is 2.66. The highest BCUT2D eigenvalue weighted by Crippen LogP contribution is 2.31. The lowest BCUT2D eigenvalue weighted by atomic mass is 9.92. The Hall–Kier alpha value is -1.35. The number of nitrogens with one attached hydrogen (secondary N) is 1. The molecule has 0 amide bonds. The Morgan fingerprint density at radius 2 is 2.21 bits per heavy atom. The Morgan fingerprint density at radius 3 is 3.05 bits per heavy atom. The van der Waals surface area contributed by atoms with Crippen LogP contribution in [0.3, 0.4) is 0 Å². The zero-order chi connectivity index (χ0) is 13.2. The number of nitrogens with zero attached hydrogens (tertiary/aromatic N) is 1. The van der Waals surface area contributed by atoms with Gasteiger partial charge in [-0.15, -0.1) is 0 Å². The summed E-state index contributed by atoms with van der Waals surface area (Å²) >= 11 is 3.59. The van der Waals surface area contributed by atoms with E-state index in [1.165, 1.54) is 23.2 Å². The van der Waals surface area contributed by atoms with E-state index in [9.17, 15) is 0 Å². The Morgan fingerprint density at radius 1 is 1.32 bits per heavy atom. The largest absolute Gasteiger partial charge is 0.377 e. The fourth-order valence-corrected chi connectivity index (χ4v) is 3.01. The van der Waals surface area contributed by atoms with E-state index in [2.05, 4.69) is 57.4 Å². The van der Waals surface area contributed by atoms with Gasteiger partial charge in [0.1, 0.15) is 0 Å². The van der Waals surface area contributed by atoms with Crippen molar-refractivity contribution < 1.29 is 0 Å². The average Bonchev–Trinajstić information content (AvgIpc) is 2.43. The van der Waals surface area contributed by atoms with E-state index in [0.29, 0.717) is 6.04 Å². The predicted octanol–water partition coefficient (Wildman–Crippen LogP) is 4.64. The molecule has 3 rings (SSSR count). The molecule has 1 aromatic carbocycles. The molecule has 0 fully saturated rings. The van der Waals surface area contributed by atoms with Crippen LogP contribution in [0.2, 0.25) is 0 Å². The zero-order valence-corrected chi connectivity index (χ0v) is 12.6. The van der Waals surface area contributed by atoms with E-state index < -0.39 is 0 Å². The molecule has 1 aliphatic rings. The summed E-state index contributed by atoms with van der Waals surface area (Å²) in [5.41, 5.74) is 5.01. The number of hydrogen-bond donors (Lipinski definition) is 1. The van der Waals surface area contributed by atoms with Crippen LogP contribution in [0.4, 0.5) is 5.69 Å². The molecular formula is C16H17BrN2. The summed E-state index contributed by atoms with van der Waals surface area (Å²) in [7, 11) is 0. The molecule has 1 N–H and O–H groups in total. The van der Waals surface area contributed by atoms with Crippen LogP contribution < -0.4 is 5.32 Å². The Kier molecular flexibility index (Phi) is 3.56. The van der Waals surface area contributed by atoms with Gasteiger partial charge in [0.25, 0.3) is 0 Å². The molecule has 1 unspecified atom stereocenters. The highest BCUT2D eigenvalue weighted by atomic mass is 79.9. The summed E-state index contributed by atoms with van der Waals surface area (Å²) in [5.74, 6) is 0. The topological polar surface area (TPSA) is 24.9 Å². The van der Waals surface area contributed by atoms with E-state index in [0.717, 1.165) is 23.0 Å². The molecule has 0 bridgehead atoms. The zero-order valence-electron chi connectivity index (χ0n) is 11.0. The van der Waals surface area contributed by atoms with Crippen LogP contribution in [-0.2, 0) is 6.42 Å². The Balaban J connectivity index is 1.86. The summed E-state index contributed by atoms with van der Waals surface area (Å²) in [5, 5.41) is 3.61. The van der Waals surface area contributed by atoms with Crippen molar-refractivity contribution >= 4 is 21.6 Å². The van der Waals surface area contributed by atoms with E-state index >= 15 is 0 Å². The molecule has 0 saturated heterocycles. The summed E-state index contributed by atoms with van der Waals surface area (Å²) in [6, 6.07) is 11.0. The number of fused-ring (bicyclic) bond motifs is 1. The van der Waals surface area contributed by atoms with Crippen LogP contribution in [0.15, 0.2) is 41.0 Å². The van der Waals surface area contributed by atoms with Crippen LogP contribution in [0.1, 0.15) is 35.7 Å². The lowest BCUT2D eigenvalue weighted by molar-refractivity contribution is 0.583. The smallest absolute Gasteiger partial charge is 0.0688 e. The predicted molar refractivity (Wildman–Crippen MR) is 82.4 cm³/mol. The molecule has 19 heavy (non-hydrogen) atoms. The molecular weight excluding hydrogens is 300 g/mol. The first-order chi connectivity index (χ1) is 9.24. The van der Waals surface area contributed by atoms with Gasteiger partial charge in [-0.25, -0.2) is 0 Å². The number of anilines is 1. The molecule has 2 aromatic rings. The third-order valence-corrected chi connectivity index (χ3v) is 4.56. The highest BCUT2D eigenvalue weighted by Gasteiger charge is 2.20. The fraction of sp³-hybridized carbons (Fsp3) is 0.312. The normalized spacial score (nSPS) is 17.9. The van der Waals surface area contributed by atoms with Gasteiger partial charge in [0, 0.05) is 16.4 Å². The van der Waals surface area contributed by atoms with Crippen LogP contribution in [-0.4, -0.2) is 4.98 Å². The summed E-state index contributed by atoms with van der Waals surface area (Å²) in [6.45, 7) is 2.10. The number of halogens is 1. The van der Waals surface area contributed by atoms with Crippen molar-refractivity contribution in [3.63, 3.8) is 0 Å². The van der Waals surface area contributed by atoms with Gasteiger partial charge in [-0.3, -0.25) is 4.98 Å². The van der Waals surface area contributed by atoms with Gasteiger partial charge in [-0.1, -0.05) is 28.1 Å². The second-order valence-corrected chi connectivity index (χ2v) is 5.96. The number of rotatable bonds is 2. The van der Waals surface area contributed by atoms with Crippen LogP contribution in [0.5, 0.6) is 0 Å². The minimum atomic E-state index is 0.333. The maximum atomic E-state index is 4.56. The SMILES string of the molecule is Cc1ccc(NC2CCCc3cccnc32)cc1Br. The minimum absolute atomic E-state index is 0.333. The molecule has 3 heteroatoms. The molecule has 0 radical (unpaired) electrons. The first kappa shape index (κ1) is 12.7. The molecule has 1 heterocycles. The summed E-state index contributed by atoms with van der Waals surface area (Å²) in [4.78, 5) is 4.56. The Bertz CT molecular complexity index is 595. The second-order valence-electron chi connectivity index (χ2n) is 5.10. The molecule has 0 aliphatic heterocycles. The van der Waals surface area contributed by atoms with Gasteiger partial charge < -0.3 is 5.32 Å². The van der Waals surface area contributed by atoms with Crippen molar-refractivity contribution in [3.05, 3.63) is 57.8 Å². The Labute approximate surface area is 122 Å². The molecule has 1 aliphatic carbocycles. The van der Waals surface area contributed by atoms with Gasteiger partial charge in [-0.05, 0) is 55.5 Å². The van der Waals surface area contributed by atoms with Crippen LogP contribution in [0, 0.1) is 6.92 Å². The number of aryl methyl sites for hydroxylation is 2. The summed E-state index contributed by atoms with van der Waals surface area (Å²) < 4.78 is 1.15. The standard InChI is InChI=1S/C16H17BrN2/c1-11-7-8-13(10-14(11)17)19-15-6-2-4-12-5-3-9-18-16(12)15/h3,5,7-10,15,19H,2,4,6H2,1H3. The average molecular weight is 317 g/mol. The van der Waals surface area contributed by atoms with Crippen molar-refractivity contribution in [2.45, 2.75) is 32.2 Å². The van der Waals surface area contributed by atoms with Crippen molar-refractivity contribution in [1.29, 1.82) is 0 Å². The van der Waals surface area contributed by atoms with E-state index in [4.69, 9.17) is 0 Å². The first-order valence-corrected chi connectivity index (χ1v) is 7.50. The molecule has 0 saturated carbocycles. The number of pyridine rings is 1. The third-order valence-electron chi connectivity index (χ3n) is 3.71.